The molecule has 5 heteroatoms. The Morgan fingerprint density at radius 3 is 2.69 bits per heavy atom. The molecule has 2 rings (SSSR count). The van der Waals surface area contributed by atoms with E-state index in [1.807, 2.05) is 13.1 Å². The molecule has 1 aliphatic heterocycles. The summed E-state index contributed by atoms with van der Waals surface area (Å²) in [5.41, 5.74) is 5.79. The Kier molecular flexibility index (Phi) is 2.96. The van der Waals surface area contributed by atoms with Crippen LogP contribution >= 0.6 is 0 Å². The van der Waals surface area contributed by atoms with Crippen LogP contribution < -0.4 is 16.0 Å². The van der Waals surface area contributed by atoms with Gasteiger partial charge in [-0.3, -0.25) is 0 Å². The van der Waals surface area contributed by atoms with Gasteiger partial charge in [-0.05, 0) is 7.05 Å². The summed E-state index contributed by atoms with van der Waals surface area (Å²) in [5.74, 6) is 2.64. The summed E-state index contributed by atoms with van der Waals surface area (Å²) in [7, 11) is 1.98. The Labute approximate surface area is 96.1 Å². The average Bonchev–Trinajstić information content (AvgIpc) is 2.15. The molecule has 0 bridgehead atoms. The molecule has 0 amide bonds. The van der Waals surface area contributed by atoms with Crippen molar-refractivity contribution in [3.05, 3.63) is 11.9 Å². The van der Waals surface area contributed by atoms with Gasteiger partial charge in [0.2, 0.25) is 0 Å². The molecule has 2 heterocycles. The highest BCUT2D eigenvalue weighted by atomic mass is 15.3. The molecule has 16 heavy (non-hydrogen) atoms. The van der Waals surface area contributed by atoms with Gasteiger partial charge in [-0.2, -0.15) is 0 Å². The highest BCUT2D eigenvalue weighted by molar-refractivity contribution is 5.49. The van der Waals surface area contributed by atoms with E-state index in [1.165, 1.54) is 0 Å². The van der Waals surface area contributed by atoms with Crippen molar-refractivity contribution in [1.29, 1.82) is 0 Å². The number of nitrogen functional groups attached to an aromatic ring is 1. The van der Waals surface area contributed by atoms with E-state index in [4.69, 9.17) is 5.73 Å². The molecule has 0 radical (unpaired) electrons. The minimum atomic E-state index is 0.309. The number of aromatic nitrogens is 2. The minimum absolute atomic E-state index is 0.309. The topological polar surface area (TPSA) is 67.1 Å². The van der Waals surface area contributed by atoms with Crippen LogP contribution in [-0.4, -0.2) is 36.1 Å². The quantitative estimate of drug-likeness (QED) is 0.782. The van der Waals surface area contributed by atoms with Crippen LogP contribution in [0, 0.1) is 0 Å². The summed E-state index contributed by atoms with van der Waals surface area (Å²) < 4.78 is 0. The van der Waals surface area contributed by atoms with Crippen LogP contribution in [0.25, 0.3) is 0 Å². The van der Waals surface area contributed by atoms with Crippen molar-refractivity contribution < 1.29 is 0 Å². The molecule has 1 saturated heterocycles. The Bertz CT molecular complexity index is 371. The first kappa shape index (κ1) is 11.1. The van der Waals surface area contributed by atoms with Gasteiger partial charge >= 0.3 is 0 Å². The van der Waals surface area contributed by atoms with E-state index in [-0.39, 0.29) is 0 Å². The molecule has 1 fully saturated rings. The standard InChI is InChI=1S/C11H19N5/c1-7(2)11-14-9(12)4-10(15-11)16-5-8(6-16)13-3/h4,7-8,13H,5-6H2,1-3H3,(H2,12,14,15). The number of nitrogens with two attached hydrogens (primary N) is 1. The van der Waals surface area contributed by atoms with Gasteiger partial charge in [0.1, 0.15) is 17.5 Å². The van der Waals surface area contributed by atoms with E-state index >= 15 is 0 Å². The van der Waals surface area contributed by atoms with E-state index in [2.05, 4.69) is 34.0 Å². The molecule has 1 aromatic heterocycles. The van der Waals surface area contributed by atoms with Crippen molar-refractivity contribution in [2.75, 3.05) is 30.8 Å². The SMILES string of the molecule is CNC1CN(c2cc(N)nc(C(C)C)n2)C1. The molecule has 0 atom stereocenters. The van der Waals surface area contributed by atoms with E-state index in [9.17, 15) is 0 Å². The fourth-order valence-corrected chi connectivity index (χ4v) is 1.74. The van der Waals surface area contributed by atoms with Gasteiger partial charge in [-0.1, -0.05) is 13.8 Å². The number of anilines is 2. The smallest absolute Gasteiger partial charge is 0.135 e. The van der Waals surface area contributed by atoms with Gasteiger partial charge in [0.15, 0.2) is 0 Å². The van der Waals surface area contributed by atoms with E-state index in [1.54, 1.807) is 0 Å². The number of hydrogen-bond acceptors (Lipinski definition) is 5. The monoisotopic (exact) mass is 221 g/mol. The van der Waals surface area contributed by atoms with Crippen LogP contribution in [0.5, 0.6) is 0 Å². The van der Waals surface area contributed by atoms with Crippen molar-refractivity contribution in [2.45, 2.75) is 25.8 Å². The minimum Gasteiger partial charge on any atom is -0.384 e. The second-order valence-electron chi connectivity index (χ2n) is 4.55. The lowest BCUT2D eigenvalue weighted by Crippen LogP contribution is -2.57. The summed E-state index contributed by atoms with van der Waals surface area (Å²) in [6.07, 6.45) is 0. The summed E-state index contributed by atoms with van der Waals surface area (Å²) in [4.78, 5) is 11.0. The van der Waals surface area contributed by atoms with Gasteiger partial charge < -0.3 is 16.0 Å². The lowest BCUT2D eigenvalue weighted by Gasteiger charge is -2.40. The van der Waals surface area contributed by atoms with Crippen LogP contribution in [0.15, 0.2) is 6.07 Å². The number of nitrogens with one attached hydrogen (secondary N) is 1. The highest BCUT2D eigenvalue weighted by Gasteiger charge is 2.26. The maximum absolute atomic E-state index is 5.79. The van der Waals surface area contributed by atoms with Crippen molar-refractivity contribution >= 4 is 11.6 Å². The lowest BCUT2D eigenvalue weighted by atomic mass is 10.1. The summed E-state index contributed by atoms with van der Waals surface area (Å²) in [5, 5.41) is 3.24. The zero-order chi connectivity index (χ0) is 11.7. The largest absolute Gasteiger partial charge is 0.384 e. The lowest BCUT2D eigenvalue weighted by molar-refractivity contribution is 0.446. The van der Waals surface area contributed by atoms with Crippen LogP contribution in [0.4, 0.5) is 11.6 Å². The van der Waals surface area contributed by atoms with Gasteiger partial charge in [-0.25, -0.2) is 9.97 Å². The van der Waals surface area contributed by atoms with Crippen molar-refractivity contribution in [1.82, 2.24) is 15.3 Å². The third-order valence-corrected chi connectivity index (χ3v) is 2.88. The maximum atomic E-state index is 5.79. The van der Waals surface area contributed by atoms with Crippen LogP contribution in [-0.2, 0) is 0 Å². The molecule has 1 aliphatic rings. The molecule has 0 aromatic carbocycles. The van der Waals surface area contributed by atoms with Gasteiger partial charge in [-0.15, -0.1) is 0 Å². The molecule has 1 aromatic rings. The van der Waals surface area contributed by atoms with Crippen molar-refractivity contribution in [3.8, 4) is 0 Å². The molecule has 0 saturated carbocycles. The first-order valence-corrected chi connectivity index (χ1v) is 5.67. The summed E-state index contributed by atoms with van der Waals surface area (Å²) in [6, 6.07) is 2.41. The molecule has 88 valence electrons. The number of hydrogen-bond donors (Lipinski definition) is 2. The predicted molar refractivity (Wildman–Crippen MR) is 65.6 cm³/mol. The molecule has 0 spiro atoms. The number of rotatable bonds is 3. The van der Waals surface area contributed by atoms with E-state index in [0.29, 0.717) is 17.8 Å². The first-order chi connectivity index (χ1) is 7.60. The van der Waals surface area contributed by atoms with E-state index < -0.39 is 0 Å². The fraction of sp³-hybridized carbons (Fsp3) is 0.636. The fourth-order valence-electron chi connectivity index (χ4n) is 1.74. The van der Waals surface area contributed by atoms with E-state index in [0.717, 1.165) is 24.7 Å². The van der Waals surface area contributed by atoms with Gasteiger partial charge in [0, 0.05) is 31.1 Å². The maximum Gasteiger partial charge on any atom is 0.135 e. The first-order valence-electron chi connectivity index (χ1n) is 5.67. The number of likely N-dealkylation sites (N-methyl/N-ethyl adjacent to an activating group) is 1. The third kappa shape index (κ3) is 2.09. The second kappa shape index (κ2) is 4.25. The van der Waals surface area contributed by atoms with Crippen molar-refractivity contribution in [2.24, 2.45) is 0 Å². The molecule has 0 unspecified atom stereocenters. The van der Waals surface area contributed by atoms with Crippen molar-refractivity contribution in [3.63, 3.8) is 0 Å². The zero-order valence-electron chi connectivity index (χ0n) is 10.1. The van der Waals surface area contributed by atoms with Gasteiger partial charge in [0.25, 0.3) is 0 Å². The Morgan fingerprint density at radius 2 is 2.12 bits per heavy atom. The highest BCUT2D eigenvalue weighted by Crippen LogP contribution is 2.22. The molecular formula is C11H19N5. The molecule has 5 nitrogen and oxygen atoms in total. The Hall–Kier alpha value is -1.36. The normalized spacial score (nSPS) is 16.6. The second-order valence-corrected chi connectivity index (χ2v) is 4.55. The third-order valence-electron chi connectivity index (χ3n) is 2.88. The Balaban J connectivity index is 2.16. The average molecular weight is 221 g/mol. The predicted octanol–water partition coefficient (Wildman–Crippen LogP) is 0.590. The summed E-state index contributed by atoms with van der Waals surface area (Å²) >= 11 is 0. The van der Waals surface area contributed by atoms with Gasteiger partial charge in [0.05, 0.1) is 0 Å². The Morgan fingerprint density at radius 1 is 1.44 bits per heavy atom. The van der Waals surface area contributed by atoms with Crippen LogP contribution in [0.1, 0.15) is 25.6 Å². The molecular weight excluding hydrogens is 202 g/mol. The zero-order valence-corrected chi connectivity index (χ0v) is 10.1. The van der Waals surface area contributed by atoms with Crippen LogP contribution in [0.2, 0.25) is 0 Å². The summed E-state index contributed by atoms with van der Waals surface area (Å²) in [6.45, 7) is 6.13. The number of nitrogens with zero attached hydrogens (tertiary/aromatic N) is 3. The van der Waals surface area contributed by atoms with Crippen LogP contribution in [0.3, 0.4) is 0 Å². The molecule has 0 aliphatic carbocycles. The molecule has 3 N–H and O–H groups in total.